The SMILES string of the molecule is N#C/C(c1cc(C(F)(F)F)c(C(F)(F)F)cc1C#N)=c1/c(C#N)c/c(=C(\C#N)c2cc(C(F)(F)F)c(C(F)(F)F)cc2C#N)c(C#N)c1C#N. The first kappa shape index (κ1) is 37.4. The number of benzene rings is 3. The summed E-state index contributed by atoms with van der Waals surface area (Å²) in [5, 5.41) is 66.7. The van der Waals surface area contributed by atoms with E-state index < -0.39 is 107 Å². The number of hydrogen-bond acceptors (Lipinski definition) is 7. The molecular weight excluding hydrogens is 698 g/mol. The standard InChI is InChI=1S/C31H5F12N7/c32-28(33,34)23-2-13(6-44)16(4-25(23)30(38,39)40)19(9-47)18-1-15(8-46)27(22(12-50)20(18)10-48)21(11-49)17-5-26(31(41,42)43)24(29(35,36)37)3-14(17)7-45/h1-5H/b19-18-,27-21+. The Kier molecular flexibility index (Phi) is 9.65. The van der Waals surface area contributed by atoms with Crippen molar-refractivity contribution in [3.05, 3.63) is 102 Å². The molecule has 0 unspecified atom stereocenters. The quantitative estimate of drug-likeness (QED) is 0.272. The van der Waals surface area contributed by atoms with Crippen molar-refractivity contribution in [3.8, 4) is 42.5 Å². The Bertz CT molecular complexity index is 2400. The highest BCUT2D eigenvalue weighted by molar-refractivity contribution is 5.85. The molecule has 7 nitrogen and oxygen atoms in total. The molecule has 3 rings (SSSR count). The van der Waals surface area contributed by atoms with Crippen LogP contribution in [0.4, 0.5) is 52.7 Å². The topological polar surface area (TPSA) is 167 Å². The van der Waals surface area contributed by atoms with E-state index in [2.05, 4.69) is 0 Å². The van der Waals surface area contributed by atoms with E-state index in [9.17, 15) is 89.5 Å². The summed E-state index contributed by atoms with van der Waals surface area (Å²) in [4.78, 5) is 0. The molecule has 0 saturated carbocycles. The van der Waals surface area contributed by atoms with Crippen LogP contribution >= 0.6 is 0 Å². The molecular formula is C31H5F12N7. The van der Waals surface area contributed by atoms with Gasteiger partial charge in [0.15, 0.2) is 0 Å². The van der Waals surface area contributed by atoms with E-state index in [1.165, 1.54) is 36.4 Å². The van der Waals surface area contributed by atoms with Crippen LogP contribution in [0, 0.1) is 79.3 Å². The molecule has 0 saturated heterocycles. The van der Waals surface area contributed by atoms with Crippen molar-refractivity contribution in [2.24, 2.45) is 0 Å². The normalized spacial score (nSPS) is 12.9. The van der Waals surface area contributed by atoms with Crippen molar-refractivity contribution in [1.29, 1.82) is 36.8 Å². The van der Waals surface area contributed by atoms with Crippen LogP contribution in [0.15, 0.2) is 30.3 Å². The predicted octanol–water partition coefficient (Wildman–Crippen LogP) is 6.57. The van der Waals surface area contributed by atoms with E-state index in [0.29, 0.717) is 6.07 Å². The molecule has 50 heavy (non-hydrogen) atoms. The zero-order valence-corrected chi connectivity index (χ0v) is 23.6. The average molecular weight is 703 g/mol. The summed E-state index contributed by atoms with van der Waals surface area (Å²) in [6, 6.07) is 8.26. The Labute approximate surface area is 270 Å². The van der Waals surface area contributed by atoms with Gasteiger partial charge >= 0.3 is 24.7 Å². The maximum atomic E-state index is 13.8. The number of nitriles is 7. The third-order valence-corrected chi connectivity index (χ3v) is 6.73. The van der Waals surface area contributed by atoms with E-state index >= 15 is 0 Å². The fourth-order valence-corrected chi connectivity index (χ4v) is 4.71. The summed E-state index contributed by atoms with van der Waals surface area (Å²) in [7, 11) is 0. The van der Waals surface area contributed by atoms with Crippen LogP contribution in [0.5, 0.6) is 0 Å². The lowest BCUT2D eigenvalue weighted by Crippen LogP contribution is -2.27. The molecule has 0 heterocycles. The molecule has 0 fully saturated rings. The second-order valence-electron chi connectivity index (χ2n) is 9.51. The average Bonchev–Trinajstić information content (AvgIpc) is 3.02. The van der Waals surface area contributed by atoms with Gasteiger partial charge in [-0.1, -0.05) is 0 Å². The zero-order chi connectivity index (χ0) is 38.1. The van der Waals surface area contributed by atoms with Crippen LogP contribution in [0.2, 0.25) is 0 Å². The molecule has 0 aliphatic heterocycles. The summed E-state index contributed by atoms with van der Waals surface area (Å²) in [5.74, 6) is 0. The minimum absolute atomic E-state index is 0.250. The summed E-state index contributed by atoms with van der Waals surface area (Å²) >= 11 is 0. The van der Waals surface area contributed by atoms with Gasteiger partial charge in [0.1, 0.15) is 24.3 Å². The second-order valence-corrected chi connectivity index (χ2v) is 9.51. The van der Waals surface area contributed by atoms with Crippen LogP contribution in [0.1, 0.15) is 61.2 Å². The van der Waals surface area contributed by atoms with Gasteiger partial charge < -0.3 is 0 Å². The first-order chi connectivity index (χ1) is 23.0. The molecule has 248 valence electrons. The van der Waals surface area contributed by atoms with Gasteiger partial charge in [-0.2, -0.15) is 89.5 Å². The largest absolute Gasteiger partial charge is 0.417 e. The summed E-state index contributed by atoms with van der Waals surface area (Å²) in [6.45, 7) is 0. The fourth-order valence-electron chi connectivity index (χ4n) is 4.71. The molecule has 0 radical (unpaired) electrons. The van der Waals surface area contributed by atoms with Crippen molar-refractivity contribution in [1.82, 2.24) is 0 Å². The van der Waals surface area contributed by atoms with Crippen molar-refractivity contribution in [3.63, 3.8) is 0 Å². The Morgan fingerprint density at radius 1 is 0.400 bits per heavy atom. The molecule has 3 aromatic carbocycles. The highest BCUT2D eigenvalue weighted by atomic mass is 19.4. The van der Waals surface area contributed by atoms with E-state index in [1.807, 2.05) is 0 Å². The predicted molar refractivity (Wildman–Crippen MR) is 138 cm³/mol. The van der Waals surface area contributed by atoms with Gasteiger partial charge in [0.25, 0.3) is 0 Å². The number of hydrogen-bond donors (Lipinski definition) is 0. The molecule has 0 aliphatic rings. The lowest BCUT2D eigenvalue weighted by Gasteiger charge is -2.18. The number of nitrogens with zero attached hydrogens (tertiary/aromatic N) is 7. The summed E-state index contributed by atoms with van der Waals surface area (Å²) in [5.41, 5.74) is -20.1. The molecule has 3 aromatic rings. The van der Waals surface area contributed by atoms with E-state index in [0.717, 1.165) is 6.07 Å². The molecule has 0 bridgehead atoms. The Morgan fingerprint density at radius 3 is 1.04 bits per heavy atom. The second kappa shape index (κ2) is 12.9. The number of alkyl halides is 12. The molecule has 0 N–H and O–H groups in total. The fraction of sp³-hybridized carbons (Fsp3) is 0.129. The zero-order valence-electron chi connectivity index (χ0n) is 23.6. The van der Waals surface area contributed by atoms with Gasteiger partial charge in [-0.05, 0) is 30.3 Å². The highest BCUT2D eigenvalue weighted by Gasteiger charge is 2.45. The first-order valence-corrected chi connectivity index (χ1v) is 12.5. The minimum atomic E-state index is -5.77. The summed E-state index contributed by atoms with van der Waals surface area (Å²) < 4.78 is 164. The monoisotopic (exact) mass is 703 g/mol. The molecule has 0 aromatic heterocycles. The number of rotatable bonds is 2. The van der Waals surface area contributed by atoms with Crippen LogP contribution in [0.25, 0.3) is 11.1 Å². The van der Waals surface area contributed by atoms with Crippen LogP contribution < -0.4 is 10.4 Å². The van der Waals surface area contributed by atoms with Gasteiger partial charge in [0, 0.05) is 21.6 Å². The van der Waals surface area contributed by atoms with E-state index in [-0.39, 0.29) is 24.3 Å². The summed E-state index contributed by atoms with van der Waals surface area (Å²) in [6.07, 6.45) is -22.9. The molecule has 0 aliphatic carbocycles. The van der Waals surface area contributed by atoms with Gasteiger partial charge in [0.05, 0.1) is 79.4 Å². The molecule has 0 amide bonds. The highest BCUT2D eigenvalue weighted by Crippen LogP contribution is 2.44. The molecule has 19 heteroatoms. The van der Waals surface area contributed by atoms with Gasteiger partial charge in [-0.3, -0.25) is 0 Å². The van der Waals surface area contributed by atoms with E-state index in [4.69, 9.17) is 0 Å². The molecule has 0 atom stereocenters. The Morgan fingerprint density at radius 2 is 0.740 bits per heavy atom. The van der Waals surface area contributed by atoms with E-state index in [1.54, 1.807) is 0 Å². The number of halogens is 12. The Balaban J connectivity index is 2.78. The van der Waals surface area contributed by atoms with Crippen molar-refractivity contribution >= 4 is 11.1 Å². The van der Waals surface area contributed by atoms with Crippen molar-refractivity contribution in [2.45, 2.75) is 24.7 Å². The first-order valence-electron chi connectivity index (χ1n) is 12.5. The molecule has 0 spiro atoms. The van der Waals surface area contributed by atoms with Gasteiger partial charge in [-0.25, -0.2) is 0 Å². The van der Waals surface area contributed by atoms with Crippen molar-refractivity contribution in [2.75, 3.05) is 0 Å². The third-order valence-electron chi connectivity index (χ3n) is 6.73. The smallest absolute Gasteiger partial charge is 0.192 e. The third kappa shape index (κ3) is 6.69. The lowest BCUT2D eigenvalue weighted by molar-refractivity contribution is -0.162. The minimum Gasteiger partial charge on any atom is -0.192 e. The van der Waals surface area contributed by atoms with Crippen molar-refractivity contribution < 1.29 is 52.7 Å². The lowest BCUT2D eigenvalue weighted by atomic mass is 9.87. The van der Waals surface area contributed by atoms with Crippen LogP contribution in [0.3, 0.4) is 0 Å². The maximum absolute atomic E-state index is 13.8. The van der Waals surface area contributed by atoms with Gasteiger partial charge in [-0.15, -0.1) is 0 Å². The van der Waals surface area contributed by atoms with Gasteiger partial charge in [0.2, 0.25) is 0 Å². The van der Waals surface area contributed by atoms with Crippen LogP contribution in [-0.4, -0.2) is 0 Å². The van der Waals surface area contributed by atoms with Crippen LogP contribution in [-0.2, 0) is 24.7 Å². The Hall–Kier alpha value is -7.01. The maximum Gasteiger partial charge on any atom is 0.417 e.